The van der Waals surface area contributed by atoms with Crippen molar-refractivity contribution in [3.05, 3.63) is 24.3 Å². The highest BCUT2D eigenvalue weighted by Crippen LogP contribution is 2.15. The van der Waals surface area contributed by atoms with Crippen molar-refractivity contribution in [3.63, 3.8) is 0 Å². The summed E-state index contributed by atoms with van der Waals surface area (Å²) < 4.78 is 0. The Bertz CT molecular complexity index is 252. The number of hydrogen-bond acceptors (Lipinski definition) is 4. The molecule has 5 heteroatoms. The van der Waals surface area contributed by atoms with Crippen LogP contribution in [0.5, 0.6) is 0 Å². The van der Waals surface area contributed by atoms with E-state index in [1.165, 1.54) is 18.6 Å². The zero-order chi connectivity index (χ0) is 8.27. The average molecular weight is 170 g/mol. The first-order chi connectivity index (χ1) is 5.22. The van der Waals surface area contributed by atoms with E-state index in [-0.39, 0.29) is 0 Å². The molecule has 1 aromatic rings. The van der Waals surface area contributed by atoms with Gasteiger partial charge in [-0.25, -0.2) is 9.97 Å². The van der Waals surface area contributed by atoms with Gasteiger partial charge < -0.3 is 5.11 Å². The number of carboxylic acid groups (broad SMARTS) is 1. The van der Waals surface area contributed by atoms with Crippen LogP contribution in [0.1, 0.15) is 10.9 Å². The molecule has 1 N–H and O–H groups in total. The summed E-state index contributed by atoms with van der Waals surface area (Å²) in [6.45, 7) is 0. The number of aromatic nitrogens is 2. The molecular weight excluding hydrogens is 164 g/mol. The standard InChI is InChI=1S/C6H6N2O2S/c9-6(10)5(11)4-1-2-7-3-8-4/h1-3,5,11H,(H,9,10). The Kier molecular flexibility index (Phi) is 2.43. The SMILES string of the molecule is O=C(O)C(S)c1ccncn1. The van der Waals surface area contributed by atoms with Crippen LogP contribution in [0.4, 0.5) is 0 Å². The molecule has 1 atom stereocenters. The van der Waals surface area contributed by atoms with Crippen molar-refractivity contribution >= 4 is 18.6 Å². The van der Waals surface area contributed by atoms with E-state index < -0.39 is 11.2 Å². The molecule has 11 heavy (non-hydrogen) atoms. The molecule has 0 spiro atoms. The first-order valence-corrected chi connectivity index (χ1v) is 3.40. The topological polar surface area (TPSA) is 63.1 Å². The van der Waals surface area contributed by atoms with Gasteiger partial charge in [-0.2, -0.15) is 12.6 Å². The van der Waals surface area contributed by atoms with Crippen LogP contribution in [0.25, 0.3) is 0 Å². The van der Waals surface area contributed by atoms with Crippen LogP contribution in [0.3, 0.4) is 0 Å². The highest BCUT2D eigenvalue weighted by atomic mass is 32.1. The van der Waals surface area contributed by atoms with Gasteiger partial charge in [-0.3, -0.25) is 4.79 Å². The molecule has 1 heterocycles. The molecule has 0 aliphatic carbocycles. The van der Waals surface area contributed by atoms with Crippen molar-refractivity contribution in [2.75, 3.05) is 0 Å². The van der Waals surface area contributed by atoms with Crippen LogP contribution in [0.2, 0.25) is 0 Å². The summed E-state index contributed by atoms with van der Waals surface area (Å²) in [5.41, 5.74) is 0.399. The van der Waals surface area contributed by atoms with E-state index in [0.29, 0.717) is 5.69 Å². The van der Waals surface area contributed by atoms with Crippen LogP contribution in [0, 0.1) is 0 Å². The second-order valence-corrected chi connectivity index (χ2v) is 2.39. The van der Waals surface area contributed by atoms with Gasteiger partial charge >= 0.3 is 5.97 Å². The fraction of sp³-hybridized carbons (Fsp3) is 0.167. The van der Waals surface area contributed by atoms with E-state index in [0.717, 1.165) is 0 Å². The van der Waals surface area contributed by atoms with Crippen LogP contribution < -0.4 is 0 Å². The lowest BCUT2D eigenvalue weighted by Gasteiger charge is -2.01. The zero-order valence-corrected chi connectivity index (χ0v) is 6.40. The largest absolute Gasteiger partial charge is 0.480 e. The molecule has 1 unspecified atom stereocenters. The predicted octanol–water partition coefficient (Wildman–Crippen LogP) is 0.532. The number of nitrogens with zero attached hydrogens (tertiary/aromatic N) is 2. The van der Waals surface area contributed by atoms with Gasteiger partial charge in [-0.15, -0.1) is 0 Å². The monoisotopic (exact) mass is 170 g/mol. The zero-order valence-electron chi connectivity index (χ0n) is 5.51. The summed E-state index contributed by atoms with van der Waals surface area (Å²) in [7, 11) is 0. The highest BCUT2D eigenvalue weighted by Gasteiger charge is 2.14. The molecular formula is C6H6N2O2S. The molecule has 0 saturated carbocycles. The minimum Gasteiger partial charge on any atom is -0.480 e. The fourth-order valence-corrected chi connectivity index (χ4v) is 0.742. The van der Waals surface area contributed by atoms with Crippen molar-refractivity contribution in [1.82, 2.24) is 9.97 Å². The Labute approximate surface area is 68.7 Å². The van der Waals surface area contributed by atoms with Gasteiger partial charge in [-0.1, -0.05) is 0 Å². The van der Waals surface area contributed by atoms with Gasteiger partial charge in [0.05, 0.1) is 5.69 Å². The second kappa shape index (κ2) is 3.34. The predicted molar refractivity (Wildman–Crippen MR) is 41.4 cm³/mol. The lowest BCUT2D eigenvalue weighted by atomic mass is 10.3. The third-order valence-electron chi connectivity index (χ3n) is 1.12. The normalized spacial score (nSPS) is 12.5. The molecule has 0 bridgehead atoms. The van der Waals surface area contributed by atoms with E-state index in [9.17, 15) is 4.79 Å². The maximum atomic E-state index is 10.4. The number of carbonyl (C=O) groups is 1. The first-order valence-electron chi connectivity index (χ1n) is 2.88. The average Bonchev–Trinajstić information content (AvgIpc) is 2.05. The minimum absolute atomic E-state index is 0.399. The summed E-state index contributed by atoms with van der Waals surface area (Å²) in [5, 5.41) is 7.64. The van der Waals surface area contributed by atoms with Gasteiger partial charge in [0.1, 0.15) is 11.6 Å². The quantitative estimate of drug-likeness (QED) is 0.635. The Morgan fingerprint density at radius 2 is 2.45 bits per heavy atom. The third kappa shape index (κ3) is 1.91. The van der Waals surface area contributed by atoms with Gasteiger partial charge in [0, 0.05) is 6.20 Å². The van der Waals surface area contributed by atoms with Crippen LogP contribution in [-0.4, -0.2) is 21.0 Å². The first kappa shape index (κ1) is 8.00. The number of carboxylic acids is 1. The van der Waals surface area contributed by atoms with E-state index in [2.05, 4.69) is 22.6 Å². The molecule has 0 aromatic carbocycles. The molecule has 0 aliphatic heterocycles. The molecule has 1 aromatic heterocycles. The summed E-state index contributed by atoms with van der Waals surface area (Å²) >= 11 is 3.82. The molecule has 0 amide bonds. The van der Waals surface area contributed by atoms with Crippen molar-refractivity contribution in [2.24, 2.45) is 0 Å². The maximum Gasteiger partial charge on any atom is 0.322 e. The molecule has 0 fully saturated rings. The van der Waals surface area contributed by atoms with Crippen molar-refractivity contribution < 1.29 is 9.90 Å². The third-order valence-corrected chi connectivity index (χ3v) is 1.60. The Morgan fingerprint density at radius 3 is 2.91 bits per heavy atom. The van der Waals surface area contributed by atoms with Crippen molar-refractivity contribution in [2.45, 2.75) is 5.25 Å². The van der Waals surface area contributed by atoms with E-state index in [1.54, 1.807) is 0 Å². The highest BCUT2D eigenvalue weighted by molar-refractivity contribution is 7.81. The van der Waals surface area contributed by atoms with Crippen LogP contribution >= 0.6 is 12.6 Å². The Balaban J connectivity index is 2.85. The lowest BCUT2D eigenvalue weighted by molar-refractivity contribution is -0.136. The van der Waals surface area contributed by atoms with E-state index >= 15 is 0 Å². The smallest absolute Gasteiger partial charge is 0.322 e. The Hall–Kier alpha value is -1.10. The van der Waals surface area contributed by atoms with Crippen molar-refractivity contribution in [3.8, 4) is 0 Å². The van der Waals surface area contributed by atoms with E-state index in [4.69, 9.17) is 5.11 Å². The molecule has 1 rings (SSSR count). The van der Waals surface area contributed by atoms with Gasteiger partial charge in [0.25, 0.3) is 0 Å². The van der Waals surface area contributed by atoms with Crippen LogP contribution in [0.15, 0.2) is 18.6 Å². The summed E-state index contributed by atoms with van der Waals surface area (Å²) in [6, 6.07) is 1.52. The number of hydrogen-bond donors (Lipinski definition) is 2. The van der Waals surface area contributed by atoms with Crippen LogP contribution in [-0.2, 0) is 4.79 Å². The Morgan fingerprint density at radius 1 is 1.73 bits per heavy atom. The molecule has 0 radical (unpaired) electrons. The summed E-state index contributed by atoms with van der Waals surface area (Å²) in [5.74, 6) is -1.01. The van der Waals surface area contributed by atoms with Gasteiger partial charge in [0.15, 0.2) is 0 Å². The number of rotatable bonds is 2. The number of thiol groups is 1. The van der Waals surface area contributed by atoms with E-state index in [1.807, 2.05) is 0 Å². The summed E-state index contributed by atoms with van der Waals surface area (Å²) in [6.07, 6.45) is 2.77. The molecule has 58 valence electrons. The molecule has 0 saturated heterocycles. The summed E-state index contributed by atoms with van der Waals surface area (Å²) in [4.78, 5) is 17.7. The lowest BCUT2D eigenvalue weighted by Crippen LogP contribution is -2.06. The fourth-order valence-electron chi connectivity index (χ4n) is 0.589. The maximum absolute atomic E-state index is 10.4. The molecule has 4 nitrogen and oxygen atoms in total. The van der Waals surface area contributed by atoms with Gasteiger partial charge in [-0.05, 0) is 6.07 Å². The number of aliphatic carboxylic acids is 1. The van der Waals surface area contributed by atoms with Gasteiger partial charge in [0.2, 0.25) is 0 Å². The minimum atomic E-state index is -1.01. The molecule has 0 aliphatic rings. The second-order valence-electron chi connectivity index (χ2n) is 1.88. The van der Waals surface area contributed by atoms with Crippen molar-refractivity contribution in [1.29, 1.82) is 0 Å².